The molecule has 0 heterocycles. The smallest absolute Gasteiger partial charge is 0.387 e. The lowest BCUT2D eigenvalue weighted by molar-refractivity contribution is -0.117. The van der Waals surface area contributed by atoms with Crippen molar-refractivity contribution in [3.05, 3.63) is 41.5 Å². The second-order valence-corrected chi connectivity index (χ2v) is 4.15. The number of hydrogen-bond donors (Lipinski definition) is 2. The highest BCUT2D eigenvalue weighted by atomic mass is 19.3. The van der Waals surface area contributed by atoms with Gasteiger partial charge in [0.1, 0.15) is 5.75 Å². The molecule has 6 heteroatoms. The van der Waals surface area contributed by atoms with Crippen molar-refractivity contribution in [2.45, 2.75) is 26.6 Å². The van der Waals surface area contributed by atoms with Crippen molar-refractivity contribution in [3.63, 3.8) is 0 Å². The van der Waals surface area contributed by atoms with Crippen LogP contribution in [0.2, 0.25) is 0 Å². The third kappa shape index (κ3) is 4.97. The molecule has 4 nitrogen and oxygen atoms in total. The summed E-state index contributed by atoms with van der Waals surface area (Å²) in [4.78, 5) is 11.5. The van der Waals surface area contributed by atoms with Crippen LogP contribution in [0, 0.1) is 0 Å². The summed E-state index contributed by atoms with van der Waals surface area (Å²) in [7, 11) is 0. The first-order valence-corrected chi connectivity index (χ1v) is 6.08. The quantitative estimate of drug-likeness (QED) is 0.789. The van der Waals surface area contributed by atoms with Crippen LogP contribution in [0.5, 0.6) is 5.75 Å². The zero-order valence-corrected chi connectivity index (χ0v) is 11.3. The Morgan fingerprint density at radius 2 is 2.00 bits per heavy atom. The summed E-state index contributed by atoms with van der Waals surface area (Å²) >= 11 is 0. The number of benzene rings is 1. The van der Waals surface area contributed by atoms with Gasteiger partial charge in [0.2, 0.25) is 5.91 Å². The van der Waals surface area contributed by atoms with Crippen LogP contribution in [0.3, 0.4) is 0 Å². The van der Waals surface area contributed by atoms with Crippen LogP contribution in [0.25, 0.3) is 0 Å². The summed E-state index contributed by atoms with van der Waals surface area (Å²) in [6, 6.07) is 5.61. The van der Waals surface area contributed by atoms with Gasteiger partial charge in [-0.15, -0.1) is 0 Å². The Balaban J connectivity index is 2.55. The van der Waals surface area contributed by atoms with Crippen LogP contribution in [-0.4, -0.2) is 24.2 Å². The van der Waals surface area contributed by atoms with E-state index in [1.165, 1.54) is 24.3 Å². The monoisotopic (exact) mass is 285 g/mol. The first-order valence-electron chi connectivity index (χ1n) is 6.08. The average molecular weight is 285 g/mol. The molecule has 0 aliphatic heterocycles. The van der Waals surface area contributed by atoms with Crippen LogP contribution >= 0.6 is 0 Å². The van der Waals surface area contributed by atoms with Crippen LogP contribution in [-0.2, 0) is 4.79 Å². The number of amides is 1. The molecule has 0 saturated carbocycles. The third-order valence-electron chi connectivity index (χ3n) is 2.74. The molecule has 0 bridgehead atoms. The normalized spacial score (nSPS) is 13.2. The van der Waals surface area contributed by atoms with Crippen LogP contribution in [0.4, 0.5) is 8.78 Å². The standard InChI is InChI=1S/C14H17F2NO3/c1-3-9(2)13(19)17-8-12(18)10-4-6-11(7-5-10)20-14(15)16/h3-7,12,14,18H,8H2,1-2H3,(H,17,19)/b9-3-. The third-order valence-corrected chi connectivity index (χ3v) is 2.74. The molecule has 0 saturated heterocycles. The van der Waals surface area contributed by atoms with Gasteiger partial charge in [-0.2, -0.15) is 8.78 Å². The predicted octanol–water partition coefficient (Wildman–Crippen LogP) is 2.40. The van der Waals surface area contributed by atoms with E-state index in [1.807, 2.05) is 0 Å². The van der Waals surface area contributed by atoms with Gasteiger partial charge in [-0.05, 0) is 31.5 Å². The molecule has 20 heavy (non-hydrogen) atoms. The summed E-state index contributed by atoms with van der Waals surface area (Å²) in [5, 5.41) is 12.4. The maximum Gasteiger partial charge on any atom is 0.387 e. The molecule has 1 rings (SSSR count). The summed E-state index contributed by atoms with van der Waals surface area (Å²) in [5.74, 6) is -0.242. The minimum absolute atomic E-state index is 0.0183. The average Bonchev–Trinajstić information content (AvgIpc) is 2.43. The van der Waals surface area contributed by atoms with Gasteiger partial charge in [-0.3, -0.25) is 4.79 Å². The van der Waals surface area contributed by atoms with E-state index in [9.17, 15) is 18.7 Å². The number of aliphatic hydroxyl groups excluding tert-OH is 1. The number of halogens is 2. The topological polar surface area (TPSA) is 58.6 Å². The van der Waals surface area contributed by atoms with Gasteiger partial charge in [0.05, 0.1) is 6.10 Å². The molecular formula is C14H17F2NO3. The second kappa shape index (κ2) is 7.59. The van der Waals surface area contributed by atoms with Crippen LogP contribution < -0.4 is 10.1 Å². The largest absolute Gasteiger partial charge is 0.435 e. The van der Waals surface area contributed by atoms with Gasteiger partial charge in [0, 0.05) is 12.1 Å². The fourth-order valence-electron chi connectivity index (χ4n) is 1.45. The molecule has 110 valence electrons. The van der Waals surface area contributed by atoms with Gasteiger partial charge in [0.25, 0.3) is 0 Å². The molecule has 1 amide bonds. The highest BCUT2D eigenvalue weighted by molar-refractivity contribution is 5.92. The predicted molar refractivity (Wildman–Crippen MR) is 70.5 cm³/mol. The highest BCUT2D eigenvalue weighted by Gasteiger charge is 2.11. The second-order valence-electron chi connectivity index (χ2n) is 4.15. The number of hydrogen-bond acceptors (Lipinski definition) is 3. The van der Waals surface area contributed by atoms with E-state index < -0.39 is 12.7 Å². The maximum atomic E-state index is 12.0. The Morgan fingerprint density at radius 3 is 2.50 bits per heavy atom. The Labute approximate surface area is 116 Å². The highest BCUT2D eigenvalue weighted by Crippen LogP contribution is 2.19. The van der Waals surface area contributed by atoms with E-state index in [4.69, 9.17) is 0 Å². The zero-order chi connectivity index (χ0) is 15.1. The fraction of sp³-hybridized carbons (Fsp3) is 0.357. The summed E-state index contributed by atoms with van der Waals surface area (Å²) in [6.07, 6.45) is 0.752. The number of carbonyl (C=O) groups excluding carboxylic acids is 1. The van der Waals surface area contributed by atoms with Crippen molar-refractivity contribution in [2.75, 3.05) is 6.54 Å². The van der Waals surface area contributed by atoms with E-state index >= 15 is 0 Å². The molecule has 0 radical (unpaired) electrons. The van der Waals surface area contributed by atoms with Gasteiger partial charge in [0.15, 0.2) is 0 Å². The number of nitrogens with one attached hydrogen (secondary N) is 1. The molecule has 1 aromatic carbocycles. The van der Waals surface area contributed by atoms with Crippen molar-refractivity contribution >= 4 is 5.91 Å². The lowest BCUT2D eigenvalue weighted by Crippen LogP contribution is -2.28. The minimum Gasteiger partial charge on any atom is -0.435 e. The number of alkyl halides is 2. The summed E-state index contributed by atoms with van der Waals surface area (Å²) < 4.78 is 28.1. The van der Waals surface area contributed by atoms with Crippen molar-refractivity contribution in [3.8, 4) is 5.75 Å². The first kappa shape index (κ1) is 16.1. The van der Waals surface area contributed by atoms with Crippen LogP contribution in [0.1, 0.15) is 25.5 Å². The Hall–Kier alpha value is -1.95. The molecule has 1 aromatic rings. The zero-order valence-electron chi connectivity index (χ0n) is 11.3. The minimum atomic E-state index is -2.88. The molecule has 0 aromatic heterocycles. The number of ether oxygens (including phenoxy) is 1. The van der Waals surface area contributed by atoms with E-state index in [0.29, 0.717) is 11.1 Å². The van der Waals surface area contributed by atoms with Crippen molar-refractivity contribution in [1.29, 1.82) is 0 Å². The molecule has 2 N–H and O–H groups in total. The number of aliphatic hydroxyl groups is 1. The van der Waals surface area contributed by atoms with Gasteiger partial charge in [-0.1, -0.05) is 18.2 Å². The van der Waals surface area contributed by atoms with Crippen LogP contribution in [0.15, 0.2) is 35.9 Å². The maximum absolute atomic E-state index is 12.0. The van der Waals surface area contributed by atoms with E-state index in [-0.39, 0.29) is 18.2 Å². The van der Waals surface area contributed by atoms with E-state index in [0.717, 1.165) is 0 Å². The van der Waals surface area contributed by atoms with Gasteiger partial charge >= 0.3 is 6.61 Å². The van der Waals surface area contributed by atoms with Crippen molar-refractivity contribution < 1.29 is 23.4 Å². The first-order chi connectivity index (χ1) is 9.43. The van der Waals surface area contributed by atoms with Crippen molar-refractivity contribution in [1.82, 2.24) is 5.32 Å². The fourth-order valence-corrected chi connectivity index (χ4v) is 1.45. The Bertz CT molecular complexity index is 472. The molecule has 0 fully saturated rings. The van der Waals surface area contributed by atoms with E-state index in [2.05, 4.69) is 10.1 Å². The van der Waals surface area contributed by atoms with Gasteiger partial charge < -0.3 is 15.2 Å². The summed E-state index contributed by atoms with van der Waals surface area (Å²) in [5.41, 5.74) is 1.06. The number of rotatable bonds is 6. The lowest BCUT2D eigenvalue weighted by atomic mass is 10.1. The van der Waals surface area contributed by atoms with Crippen molar-refractivity contribution in [2.24, 2.45) is 0 Å². The molecular weight excluding hydrogens is 268 g/mol. The summed E-state index contributed by atoms with van der Waals surface area (Å²) in [6.45, 7) is 0.568. The lowest BCUT2D eigenvalue weighted by Gasteiger charge is -2.13. The Morgan fingerprint density at radius 1 is 1.40 bits per heavy atom. The number of allylic oxidation sites excluding steroid dienone is 1. The van der Waals surface area contributed by atoms with Gasteiger partial charge in [-0.25, -0.2) is 0 Å². The SMILES string of the molecule is C/C=C(/C)C(=O)NCC(O)c1ccc(OC(F)F)cc1. The van der Waals surface area contributed by atoms with E-state index in [1.54, 1.807) is 19.9 Å². The Kier molecular flexibility index (Phi) is 6.11. The number of carbonyl (C=O) groups is 1. The molecule has 0 spiro atoms. The molecule has 1 atom stereocenters. The molecule has 1 unspecified atom stereocenters. The molecule has 0 aliphatic carbocycles. The molecule has 0 aliphatic rings.